The van der Waals surface area contributed by atoms with Crippen LogP contribution in [-0.4, -0.2) is 5.24 Å². The summed E-state index contributed by atoms with van der Waals surface area (Å²) in [7, 11) is 0. The third-order valence-electron chi connectivity index (χ3n) is 5.27. The standard InChI is InChI=1S/C18H25ClO/c1-4-13(17(19)20)10-14-8-7-9-15-11-18(5-2,6-3)12-16(14)15/h7-9,13H,4-6,10-12H2,1-3H3. The molecule has 0 spiro atoms. The fourth-order valence-corrected chi connectivity index (χ4v) is 3.75. The molecule has 1 aromatic carbocycles. The summed E-state index contributed by atoms with van der Waals surface area (Å²) in [6.45, 7) is 6.63. The van der Waals surface area contributed by atoms with E-state index in [1.54, 1.807) is 0 Å². The average molecular weight is 293 g/mol. The van der Waals surface area contributed by atoms with E-state index in [9.17, 15) is 4.79 Å². The van der Waals surface area contributed by atoms with Crippen molar-refractivity contribution < 1.29 is 4.79 Å². The second-order valence-electron chi connectivity index (χ2n) is 6.23. The van der Waals surface area contributed by atoms with E-state index in [-0.39, 0.29) is 11.2 Å². The van der Waals surface area contributed by atoms with Gasteiger partial charge in [-0.3, -0.25) is 4.79 Å². The topological polar surface area (TPSA) is 17.1 Å². The Kier molecular flexibility index (Phi) is 4.90. The highest BCUT2D eigenvalue weighted by Crippen LogP contribution is 2.43. The summed E-state index contributed by atoms with van der Waals surface area (Å²) in [5.41, 5.74) is 4.76. The molecule has 0 N–H and O–H groups in total. The molecule has 0 amide bonds. The van der Waals surface area contributed by atoms with Gasteiger partial charge in [0.15, 0.2) is 0 Å². The molecule has 1 atom stereocenters. The van der Waals surface area contributed by atoms with Crippen molar-refractivity contribution >= 4 is 16.8 Å². The number of hydrogen-bond acceptors (Lipinski definition) is 1. The first-order valence-electron chi connectivity index (χ1n) is 7.84. The lowest BCUT2D eigenvalue weighted by atomic mass is 9.79. The minimum absolute atomic E-state index is 0.0404. The zero-order chi connectivity index (χ0) is 14.8. The van der Waals surface area contributed by atoms with Crippen molar-refractivity contribution in [2.75, 3.05) is 0 Å². The Bertz CT molecular complexity index is 488. The van der Waals surface area contributed by atoms with Crippen molar-refractivity contribution in [2.24, 2.45) is 11.3 Å². The highest BCUT2D eigenvalue weighted by atomic mass is 35.5. The first-order valence-corrected chi connectivity index (χ1v) is 8.22. The fraction of sp³-hybridized carbons (Fsp3) is 0.611. The maximum atomic E-state index is 11.5. The third-order valence-corrected chi connectivity index (χ3v) is 5.58. The normalized spacial score (nSPS) is 17.8. The van der Waals surface area contributed by atoms with Crippen molar-refractivity contribution in [3.63, 3.8) is 0 Å². The van der Waals surface area contributed by atoms with Gasteiger partial charge in [-0.15, -0.1) is 0 Å². The Morgan fingerprint density at radius 2 is 1.95 bits per heavy atom. The molecule has 1 nitrogen and oxygen atoms in total. The van der Waals surface area contributed by atoms with Crippen molar-refractivity contribution in [3.8, 4) is 0 Å². The highest BCUT2D eigenvalue weighted by molar-refractivity contribution is 6.64. The predicted molar refractivity (Wildman–Crippen MR) is 85.2 cm³/mol. The van der Waals surface area contributed by atoms with Crippen LogP contribution >= 0.6 is 11.6 Å². The van der Waals surface area contributed by atoms with E-state index < -0.39 is 0 Å². The van der Waals surface area contributed by atoms with Gasteiger partial charge in [-0.25, -0.2) is 0 Å². The van der Waals surface area contributed by atoms with E-state index in [2.05, 4.69) is 32.0 Å². The molecule has 0 aliphatic heterocycles. The molecule has 0 heterocycles. The van der Waals surface area contributed by atoms with Crippen molar-refractivity contribution in [1.29, 1.82) is 0 Å². The Morgan fingerprint density at radius 1 is 1.25 bits per heavy atom. The van der Waals surface area contributed by atoms with Gasteiger partial charge in [0.05, 0.1) is 0 Å². The molecular formula is C18H25ClO. The number of carbonyl (C=O) groups is 1. The first kappa shape index (κ1) is 15.6. The molecule has 2 rings (SSSR count). The van der Waals surface area contributed by atoms with Gasteiger partial charge in [-0.1, -0.05) is 39.0 Å². The van der Waals surface area contributed by atoms with Crippen LogP contribution in [0.1, 0.15) is 56.7 Å². The maximum Gasteiger partial charge on any atom is 0.225 e. The lowest BCUT2D eigenvalue weighted by Crippen LogP contribution is -2.19. The van der Waals surface area contributed by atoms with Crippen LogP contribution in [0.4, 0.5) is 0 Å². The molecule has 0 aromatic heterocycles. The van der Waals surface area contributed by atoms with Crippen LogP contribution in [0.2, 0.25) is 0 Å². The Hall–Kier alpha value is -0.820. The highest BCUT2D eigenvalue weighted by Gasteiger charge is 2.35. The number of hydrogen-bond donors (Lipinski definition) is 0. The maximum absolute atomic E-state index is 11.5. The molecule has 0 fully saturated rings. The van der Waals surface area contributed by atoms with Crippen molar-refractivity contribution in [3.05, 3.63) is 34.9 Å². The monoisotopic (exact) mass is 292 g/mol. The second kappa shape index (κ2) is 6.30. The lowest BCUT2D eigenvalue weighted by molar-refractivity contribution is -0.115. The van der Waals surface area contributed by atoms with Crippen LogP contribution < -0.4 is 0 Å². The number of rotatable bonds is 6. The van der Waals surface area contributed by atoms with E-state index in [0.717, 1.165) is 12.8 Å². The molecule has 1 aliphatic rings. The molecule has 0 saturated heterocycles. The quantitative estimate of drug-likeness (QED) is 0.680. The molecule has 110 valence electrons. The first-order chi connectivity index (χ1) is 9.55. The SMILES string of the molecule is CCC(Cc1cccc2c1CC(CC)(CC)C2)C(=O)Cl. The van der Waals surface area contributed by atoms with Crippen LogP contribution in [0.3, 0.4) is 0 Å². The third kappa shape index (κ3) is 2.93. The van der Waals surface area contributed by atoms with Gasteiger partial charge in [0.25, 0.3) is 0 Å². The summed E-state index contributed by atoms with van der Waals surface area (Å²) in [4.78, 5) is 11.5. The Balaban J connectivity index is 2.28. The summed E-state index contributed by atoms with van der Waals surface area (Å²) in [6.07, 6.45) is 6.42. The molecule has 1 unspecified atom stereocenters. The Morgan fingerprint density at radius 3 is 2.50 bits per heavy atom. The summed E-state index contributed by atoms with van der Waals surface area (Å²) in [5.74, 6) is -0.0404. The van der Waals surface area contributed by atoms with Crippen LogP contribution in [0.5, 0.6) is 0 Å². The van der Waals surface area contributed by atoms with Crippen LogP contribution in [0, 0.1) is 11.3 Å². The van der Waals surface area contributed by atoms with E-state index in [1.807, 2.05) is 6.92 Å². The van der Waals surface area contributed by atoms with E-state index in [1.165, 1.54) is 42.4 Å². The zero-order valence-corrected chi connectivity index (χ0v) is 13.6. The van der Waals surface area contributed by atoms with E-state index in [4.69, 9.17) is 11.6 Å². The average Bonchev–Trinajstić information content (AvgIpc) is 2.84. The number of benzene rings is 1. The molecule has 20 heavy (non-hydrogen) atoms. The molecule has 0 bridgehead atoms. The smallest absolute Gasteiger partial charge is 0.225 e. The number of carbonyl (C=O) groups excluding carboxylic acids is 1. The minimum Gasteiger partial charge on any atom is -0.281 e. The van der Waals surface area contributed by atoms with Gasteiger partial charge in [0.2, 0.25) is 5.24 Å². The van der Waals surface area contributed by atoms with Crippen molar-refractivity contribution in [1.82, 2.24) is 0 Å². The Labute approximate surface area is 127 Å². The predicted octanol–water partition coefficient (Wildman–Crippen LogP) is 4.93. The summed E-state index contributed by atoms with van der Waals surface area (Å²) in [5, 5.41) is -0.194. The van der Waals surface area contributed by atoms with E-state index >= 15 is 0 Å². The van der Waals surface area contributed by atoms with Gasteiger partial charge in [0, 0.05) is 5.92 Å². The van der Waals surface area contributed by atoms with Gasteiger partial charge < -0.3 is 0 Å². The van der Waals surface area contributed by atoms with Crippen LogP contribution in [-0.2, 0) is 24.1 Å². The fourth-order valence-electron chi connectivity index (χ4n) is 3.51. The zero-order valence-electron chi connectivity index (χ0n) is 12.8. The van der Waals surface area contributed by atoms with Gasteiger partial charge in [-0.2, -0.15) is 0 Å². The van der Waals surface area contributed by atoms with Gasteiger partial charge in [0.1, 0.15) is 0 Å². The molecule has 1 aromatic rings. The molecule has 2 heteroatoms. The number of halogens is 1. The molecule has 0 radical (unpaired) electrons. The van der Waals surface area contributed by atoms with Crippen LogP contribution in [0.25, 0.3) is 0 Å². The summed E-state index contributed by atoms with van der Waals surface area (Å²) < 4.78 is 0. The van der Waals surface area contributed by atoms with Gasteiger partial charge in [-0.05, 0) is 72.2 Å². The largest absolute Gasteiger partial charge is 0.281 e. The van der Waals surface area contributed by atoms with Gasteiger partial charge >= 0.3 is 0 Å². The summed E-state index contributed by atoms with van der Waals surface area (Å²) in [6, 6.07) is 6.58. The van der Waals surface area contributed by atoms with Crippen molar-refractivity contribution in [2.45, 2.75) is 59.3 Å². The minimum atomic E-state index is -0.194. The molecule has 1 aliphatic carbocycles. The van der Waals surface area contributed by atoms with Crippen LogP contribution in [0.15, 0.2) is 18.2 Å². The summed E-state index contributed by atoms with van der Waals surface area (Å²) >= 11 is 5.72. The molecular weight excluding hydrogens is 268 g/mol. The number of fused-ring (bicyclic) bond motifs is 1. The molecule has 0 saturated carbocycles. The second-order valence-corrected chi connectivity index (χ2v) is 6.60. The van der Waals surface area contributed by atoms with E-state index in [0.29, 0.717) is 5.41 Å². The lowest BCUT2D eigenvalue weighted by Gasteiger charge is -2.25.